The summed E-state index contributed by atoms with van der Waals surface area (Å²) in [5.41, 5.74) is -0.275. The summed E-state index contributed by atoms with van der Waals surface area (Å²) in [7, 11) is -3.65. The average molecular weight is 389 g/mol. The molecular formula is C16H21ClN2O5S. The van der Waals surface area contributed by atoms with Gasteiger partial charge in [-0.15, -0.1) is 0 Å². The van der Waals surface area contributed by atoms with Crippen LogP contribution in [0.15, 0.2) is 23.1 Å². The highest BCUT2D eigenvalue weighted by Crippen LogP contribution is 2.34. The third-order valence-corrected chi connectivity index (χ3v) is 6.93. The number of ether oxygens (including phenoxy) is 2. The highest BCUT2D eigenvalue weighted by Gasteiger charge is 2.44. The molecule has 7 nitrogen and oxygen atoms in total. The lowest BCUT2D eigenvalue weighted by Gasteiger charge is -2.39. The van der Waals surface area contributed by atoms with Crippen LogP contribution in [0.25, 0.3) is 0 Å². The van der Waals surface area contributed by atoms with Crippen LogP contribution in [-0.4, -0.2) is 58.1 Å². The van der Waals surface area contributed by atoms with Gasteiger partial charge in [0.1, 0.15) is 0 Å². The van der Waals surface area contributed by atoms with E-state index < -0.39 is 15.4 Å². The number of amides is 1. The maximum Gasteiger partial charge on any atom is 0.243 e. The Balaban J connectivity index is 1.84. The molecule has 0 radical (unpaired) electrons. The number of hydrogen-bond donors (Lipinski definition) is 1. The minimum Gasteiger partial charge on any atom is -0.379 e. The van der Waals surface area contributed by atoms with Gasteiger partial charge < -0.3 is 14.8 Å². The Hall–Kier alpha value is -1.19. The first-order valence-corrected chi connectivity index (χ1v) is 9.97. The molecule has 2 aliphatic heterocycles. The molecule has 0 unspecified atom stereocenters. The fraction of sp³-hybridized carbons (Fsp3) is 0.562. The van der Waals surface area contributed by atoms with Crippen molar-refractivity contribution < 1.29 is 22.7 Å². The molecule has 0 atom stereocenters. The molecule has 3 rings (SSSR count). The lowest BCUT2D eigenvalue weighted by molar-refractivity contribution is -0.156. The molecule has 1 aromatic rings. The topological polar surface area (TPSA) is 84.9 Å². The van der Waals surface area contributed by atoms with Crippen LogP contribution >= 0.6 is 11.6 Å². The van der Waals surface area contributed by atoms with E-state index in [1.807, 2.05) is 6.92 Å². The maximum atomic E-state index is 12.8. The van der Waals surface area contributed by atoms with E-state index in [1.165, 1.54) is 22.5 Å². The second-order valence-corrected chi connectivity index (χ2v) is 8.58. The van der Waals surface area contributed by atoms with Crippen LogP contribution in [0.4, 0.5) is 5.69 Å². The monoisotopic (exact) mass is 388 g/mol. The van der Waals surface area contributed by atoms with Gasteiger partial charge in [0.05, 0.1) is 47.4 Å². The Kier molecular flexibility index (Phi) is 5.36. The Bertz CT molecular complexity index is 752. The minimum atomic E-state index is -3.65. The van der Waals surface area contributed by atoms with Crippen molar-refractivity contribution in [1.29, 1.82) is 0 Å². The molecule has 1 aromatic carbocycles. The summed E-state index contributed by atoms with van der Waals surface area (Å²) in [5.74, 6) is -0.205. The zero-order valence-corrected chi connectivity index (χ0v) is 15.5. The quantitative estimate of drug-likeness (QED) is 0.830. The molecule has 2 saturated heterocycles. The zero-order valence-electron chi connectivity index (χ0n) is 14.0. The first-order valence-electron chi connectivity index (χ1n) is 8.16. The minimum absolute atomic E-state index is 0.101. The molecule has 25 heavy (non-hydrogen) atoms. The van der Waals surface area contributed by atoms with Gasteiger partial charge in [-0.3, -0.25) is 4.79 Å². The number of morpholine rings is 1. The molecule has 2 heterocycles. The van der Waals surface area contributed by atoms with Crippen LogP contribution in [0.5, 0.6) is 0 Å². The second-order valence-electron chi connectivity index (χ2n) is 6.24. The average Bonchev–Trinajstić information content (AvgIpc) is 2.57. The lowest BCUT2D eigenvalue weighted by Crippen LogP contribution is -2.51. The number of benzene rings is 1. The van der Waals surface area contributed by atoms with Gasteiger partial charge in [-0.05, 0) is 24.6 Å². The molecule has 0 aromatic heterocycles. The number of hydrogen-bond acceptors (Lipinski definition) is 5. The third kappa shape index (κ3) is 3.54. The predicted molar refractivity (Wildman–Crippen MR) is 93.2 cm³/mol. The van der Waals surface area contributed by atoms with E-state index in [0.717, 1.165) is 0 Å². The molecule has 0 saturated carbocycles. The van der Waals surface area contributed by atoms with E-state index in [9.17, 15) is 13.2 Å². The molecule has 0 aliphatic carbocycles. The molecule has 9 heteroatoms. The summed E-state index contributed by atoms with van der Waals surface area (Å²) in [6.45, 7) is 4.00. The molecule has 2 fully saturated rings. The van der Waals surface area contributed by atoms with Crippen LogP contribution in [0.2, 0.25) is 5.02 Å². The van der Waals surface area contributed by atoms with Gasteiger partial charge >= 0.3 is 0 Å². The van der Waals surface area contributed by atoms with Crippen molar-refractivity contribution in [1.82, 2.24) is 4.31 Å². The number of sulfonamides is 1. The summed E-state index contributed by atoms with van der Waals surface area (Å²) in [4.78, 5) is 12.6. The normalized spacial score (nSPS) is 20.7. The molecule has 0 spiro atoms. The number of carbonyl (C=O) groups excluding carboxylic acids is 1. The summed E-state index contributed by atoms with van der Waals surface area (Å²) in [6, 6.07) is 4.35. The molecule has 138 valence electrons. The van der Waals surface area contributed by atoms with E-state index in [2.05, 4.69) is 5.32 Å². The lowest BCUT2D eigenvalue weighted by atomic mass is 9.82. The molecule has 1 amide bonds. The highest BCUT2D eigenvalue weighted by atomic mass is 35.5. The number of rotatable bonds is 5. The third-order valence-electron chi connectivity index (χ3n) is 4.71. The van der Waals surface area contributed by atoms with Gasteiger partial charge in [0.15, 0.2) is 0 Å². The highest BCUT2D eigenvalue weighted by molar-refractivity contribution is 7.89. The van der Waals surface area contributed by atoms with E-state index in [-0.39, 0.29) is 10.8 Å². The first-order chi connectivity index (χ1) is 11.9. The Labute approximate surface area is 152 Å². The van der Waals surface area contributed by atoms with Gasteiger partial charge in [0.2, 0.25) is 15.9 Å². The Morgan fingerprint density at radius 2 is 1.96 bits per heavy atom. The predicted octanol–water partition coefficient (Wildman–Crippen LogP) is 1.73. The number of carbonyl (C=O) groups is 1. The van der Waals surface area contributed by atoms with Crippen LogP contribution < -0.4 is 5.32 Å². The number of anilines is 1. The van der Waals surface area contributed by atoms with Gasteiger partial charge in [-0.1, -0.05) is 18.5 Å². The maximum absolute atomic E-state index is 12.8. The summed E-state index contributed by atoms with van der Waals surface area (Å²) >= 11 is 6.16. The molecular weight excluding hydrogens is 368 g/mol. The van der Waals surface area contributed by atoms with Gasteiger partial charge in [0, 0.05) is 13.1 Å². The van der Waals surface area contributed by atoms with Gasteiger partial charge in [-0.25, -0.2) is 8.42 Å². The molecule has 2 aliphatic rings. The van der Waals surface area contributed by atoms with E-state index in [4.69, 9.17) is 21.1 Å². The SMILES string of the molecule is CCC1(C(=O)Nc2cc(S(=O)(=O)N3CCOCC3)ccc2Cl)COC1. The molecule has 1 N–H and O–H groups in total. The van der Waals surface area contributed by atoms with Gasteiger partial charge in [-0.2, -0.15) is 4.31 Å². The summed E-state index contributed by atoms with van der Waals surface area (Å²) in [5, 5.41) is 3.05. The number of halogens is 1. The van der Waals surface area contributed by atoms with Crippen molar-refractivity contribution >= 4 is 33.2 Å². The van der Waals surface area contributed by atoms with Crippen LogP contribution in [0.1, 0.15) is 13.3 Å². The van der Waals surface area contributed by atoms with Gasteiger partial charge in [0.25, 0.3) is 0 Å². The number of nitrogens with zero attached hydrogens (tertiary/aromatic N) is 1. The zero-order chi connectivity index (χ0) is 18.1. The van der Waals surface area contributed by atoms with Crippen molar-refractivity contribution in [3.8, 4) is 0 Å². The fourth-order valence-corrected chi connectivity index (χ4v) is 4.40. The Morgan fingerprint density at radius 1 is 1.28 bits per heavy atom. The first kappa shape index (κ1) is 18.6. The van der Waals surface area contributed by atoms with Crippen molar-refractivity contribution in [3.63, 3.8) is 0 Å². The van der Waals surface area contributed by atoms with Crippen LogP contribution in [-0.2, 0) is 24.3 Å². The standard InChI is InChI=1S/C16H21ClN2O5S/c1-2-16(10-24-11-16)15(20)18-14-9-12(3-4-13(14)17)25(21,22)19-5-7-23-8-6-19/h3-4,9H,2,5-8,10-11H2,1H3,(H,18,20). The van der Waals surface area contributed by atoms with Crippen molar-refractivity contribution in [2.45, 2.75) is 18.2 Å². The van der Waals surface area contributed by atoms with Crippen LogP contribution in [0, 0.1) is 5.41 Å². The fourth-order valence-electron chi connectivity index (χ4n) is 2.80. The molecule has 0 bridgehead atoms. The smallest absolute Gasteiger partial charge is 0.243 e. The number of nitrogens with one attached hydrogen (secondary N) is 1. The van der Waals surface area contributed by atoms with E-state index in [0.29, 0.717) is 56.6 Å². The Morgan fingerprint density at radius 3 is 2.52 bits per heavy atom. The second kappa shape index (κ2) is 7.20. The largest absolute Gasteiger partial charge is 0.379 e. The van der Waals surface area contributed by atoms with Crippen molar-refractivity contribution in [3.05, 3.63) is 23.2 Å². The van der Waals surface area contributed by atoms with E-state index in [1.54, 1.807) is 0 Å². The van der Waals surface area contributed by atoms with Crippen molar-refractivity contribution in [2.75, 3.05) is 44.8 Å². The summed E-state index contributed by atoms with van der Waals surface area (Å²) < 4.78 is 37.2. The summed E-state index contributed by atoms with van der Waals surface area (Å²) in [6.07, 6.45) is 0.641. The van der Waals surface area contributed by atoms with Crippen molar-refractivity contribution in [2.24, 2.45) is 5.41 Å². The van der Waals surface area contributed by atoms with E-state index >= 15 is 0 Å². The van der Waals surface area contributed by atoms with Crippen LogP contribution in [0.3, 0.4) is 0 Å².